The van der Waals surface area contributed by atoms with Crippen molar-refractivity contribution in [2.45, 2.75) is 18.2 Å². The van der Waals surface area contributed by atoms with Gasteiger partial charge < -0.3 is 15.4 Å². The third kappa shape index (κ3) is 3.44. The lowest BCUT2D eigenvalue weighted by Crippen LogP contribution is -2.15. The number of H-pyrrole nitrogens is 1. The van der Waals surface area contributed by atoms with Crippen LogP contribution in [0.2, 0.25) is 0 Å². The van der Waals surface area contributed by atoms with Gasteiger partial charge in [0, 0.05) is 11.8 Å². The van der Waals surface area contributed by atoms with Gasteiger partial charge in [0.2, 0.25) is 5.91 Å². The number of thiazole rings is 1. The number of carbonyl (C=O) groups is 1. The van der Waals surface area contributed by atoms with Crippen molar-refractivity contribution in [2.24, 2.45) is 0 Å². The zero-order valence-corrected chi connectivity index (χ0v) is 14.7. The molecule has 3 N–H and O–H groups in total. The molecule has 0 unspecified atom stereocenters. The second-order valence-electron chi connectivity index (χ2n) is 5.26. The Labute approximate surface area is 145 Å². The lowest BCUT2D eigenvalue weighted by Gasteiger charge is -2.09. The quantitative estimate of drug-likeness (QED) is 0.621. The summed E-state index contributed by atoms with van der Waals surface area (Å²) >= 11 is 2.50. The van der Waals surface area contributed by atoms with Crippen molar-refractivity contribution in [1.29, 1.82) is 0 Å². The molecule has 0 aliphatic carbocycles. The third-order valence-electron chi connectivity index (χ3n) is 3.56. The first-order valence-electron chi connectivity index (χ1n) is 7.16. The van der Waals surface area contributed by atoms with Crippen molar-refractivity contribution in [3.63, 3.8) is 0 Å². The number of aromatic hydroxyl groups is 1. The number of pyridine rings is 1. The van der Waals surface area contributed by atoms with Crippen molar-refractivity contribution in [1.82, 2.24) is 9.97 Å². The van der Waals surface area contributed by atoms with E-state index in [1.807, 2.05) is 32.0 Å². The summed E-state index contributed by atoms with van der Waals surface area (Å²) in [5, 5.41) is 12.6. The molecule has 2 heterocycles. The molecule has 0 radical (unpaired) electrons. The van der Waals surface area contributed by atoms with Crippen molar-refractivity contribution in [3.05, 3.63) is 45.7 Å². The fourth-order valence-corrected chi connectivity index (χ4v) is 3.98. The molecule has 6 nitrogen and oxygen atoms in total. The molecule has 3 aromatic rings. The molecule has 1 amide bonds. The average Bonchev–Trinajstić information content (AvgIpc) is 2.93. The monoisotopic (exact) mass is 361 g/mol. The van der Waals surface area contributed by atoms with E-state index in [0.29, 0.717) is 14.7 Å². The molecule has 0 saturated heterocycles. The van der Waals surface area contributed by atoms with Gasteiger partial charge in [-0.3, -0.25) is 9.59 Å². The first-order chi connectivity index (χ1) is 11.4. The number of benzene rings is 1. The van der Waals surface area contributed by atoms with Crippen LogP contribution in [-0.2, 0) is 4.79 Å². The van der Waals surface area contributed by atoms with E-state index < -0.39 is 5.56 Å². The molecule has 124 valence electrons. The number of nitrogens with zero attached hydrogens (tertiary/aromatic N) is 1. The van der Waals surface area contributed by atoms with Gasteiger partial charge in [-0.1, -0.05) is 23.9 Å². The van der Waals surface area contributed by atoms with Crippen LogP contribution in [0.1, 0.15) is 11.1 Å². The van der Waals surface area contributed by atoms with Gasteiger partial charge in [0.1, 0.15) is 10.4 Å². The first-order valence-corrected chi connectivity index (χ1v) is 8.96. The number of thioether (sulfide) groups is 1. The highest BCUT2D eigenvalue weighted by atomic mass is 32.2. The van der Waals surface area contributed by atoms with Crippen molar-refractivity contribution >= 4 is 45.0 Å². The zero-order chi connectivity index (χ0) is 17.3. The normalized spacial score (nSPS) is 10.9. The number of aromatic amines is 1. The van der Waals surface area contributed by atoms with E-state index in [2.05, 4.69) is 15.3 Å². The zero-order valence-electron chi connectivity index (χ0n) is 13.0. The number of hydrogen-bond donors (Lipinski definition) is 3. The van der Waals surface area contributed by atoms with Gasteiger partial charge in [-0.05, 0) is 31.0 Å². The SMILES string of the molecule is Cc1cccc(NC(=O)CSc2nc3[nH]c(=O)cc(O)c3s2)c1C. The molecule has 1 aromatic carbocycles. The molecular weight excluding hydrogens is 346 g/mol. The third-order valence-corrected chi connectivity index (χ3v) is 5.78. The van der Waals surface area contributed by atoms with Gasteiger partial charge in [-0.25, -0.2) is 4.98 Å². The number of amides is 1. The van der Waals surface area contributed by atoms with Gasteiger partial charge in [-0.2, -0.15) is 0 Å². The van der Waals surface area contributed by atoms with E-state index in [4.69, 9.17) is 0 Å². The minimum Gasteiger partial charge on any atom is -0.506 e. The summed E-state index contributed by atoms with van der Waals surface area (Å²) in [6, 6.07) is 6.87. The maximum absolute atomic E-state index is 12.1. The Morgan fingerprint density at radius 1 is 1.42 bits per heavy atom. The van der Waals surface area contributed by atoms with Gasteiger partial charge in [0.05, 0.1) is 5.75 Å². The number of aryl methyl sites for hydroxylation is 1. The average molecular weight is 361 g/mol. The van der Waals surface area contributed by atoms with Crippen molar-refractivity contribution in [2.75, 3.05) is 11.1 Å². The van der Waals surface area contributed by atoms with Gasteiger partial charge in [-0.15, -0.1) is 11.3 Å². The lowest BCUT2D eigenvalue weighted by molar-refractivity contribution is -0.113. The second kappa shape index (κ2) is 6.66. The minimum absolute atomic E-state index is 0.0991. The van der Waals surface area contributed by atoms with Crippen LogP contribution in [0.25, 0.3) is 10.3 Å². The van der Waals surface area contributed by atoms with Crippen molar-refractivity contribution < 1.29 is 9.90 Å². The molecule has 2 aromatic heterocycles. The van der Waals surface area contributed by atoms with E-state index in [9.17, 15) is 14.7 Å². The number of nitrogens with one attached hydrogen (secondary N) is 2. The van der Waals surface area contributed by atoms with E-state index >= 15 is 0 Å². The lowest BCUT2D eigenvalue weighted by atomic mass is 10.1. The smallest absolute Gasteiger partial charge is 0.253 e. The predicted octanol–water partition coefficient (Wildman–Crippen LogP) is 3.04. The highest BCUT2D eigenvalue weighted by Crippen LogP contribution is 2.32. The van der Waals surface area contributed by atoms with Crippen LogP contribution in [0.3, 0.4) is 0 Å². The molecule has 0 fully saturated rings. The molecule has 24 heavy (non-hydrogen) atoms. The molecule has 0 spiro atoms. The van der Waals surface area contributed by atoms with Crippen LogP contribution in [-0.4, -0.2) is 26.7 Å². The number of hydrogen-bond acceptors (Lipinski definition) is 6. The topological polar surface area (TPSA) is 95.1 Å². The molecule has 3 rings (SSSR count). The van der Waals surface area contributed by atoms with E-state index in [1.165, 1.54) is 23.1 Å². The molecular formula is C16H15N3O3S2. The molecule has 0 aliphatic heterocycles. The maximum Gasteiger partial charge on any atom is 0.253 e. The number of carbonyl (C=O) groups excluding carboxylic acids is 1. The first kappa shape index (κ1) is 16.5. The summed E-state index contributed by atoms with van der Waals surface area (Å²) in [6.45, 7) is 3.96. The van der Waals surface area contributed by atoms with E-state index in [1.54, 1.807) is 0 Å². The molecule has 0 bridgehead atoms. The van der Waals surface area contributed by atoms with E-state index in [-0.39, 0.29) is 17.4 Å². The Morgan fingerprint density at radius 2 is 2.21 bits per heavy atom. The summed E-state index contributed by atoms with van der Waals surface area (Å²) in [5.74, 6) is -0.0401. The largest absolute Gasteiger partial charge is 0.506 e. The number of rotatable bonds is 4. The van der Waals surface area contributed by atoms with Gasteiger partial charge >= 0.3 is 0 Å². The van der Waals surface area contributed by atoms with Crippen LogP contribution in [0.15, 0.2) is 33.4 Å². The Morgan fingerprint density at radius 3 is 3.00 bits per heavy atom. The molecule has 0 aliphatic rings. The van der Waals surface area contributed by atoms with Crippen LogP contribution in [0, 0.1) is 13.8 Å². The summed E-state index contributed by atoms with van der Waals surface area (Å²) in [7, 11) is 0. The molecule has 0 atom stereocenters. The highest BCUT2D eigenvalue weighted by molar-refractivity contribution is 8.01. The summed E-state index contributed by atoms with van der Waals surface area (Å²) in [6.07, 6.45) is 0. The van der Waals surface area contributed by atoms with Crippen LogP contribution < -0.4 is 10.9 Å². The number of aromatic nitrogens is 2. The van der Waals surface area contributed by atoms with Crippen LogP contribution >= 0.6 is 23.1 Å². The molecule has 0 saturated carbocycles. The van der Waals surface area contributed by atoms with Crippen LogP contribution in [0.5, 0.6) is 5.75 Å². The maximum atomic E-state index is 12.1. The minimum atomic E-state index is -0.408. The second-order valence-corrected chi connectivity index (χ2v) is 7.48. The summed E-state index contributed by atoms with van der Waals surface area (Å²) in [4.78, 5) is 30.2. The number of fused-ring (bicyclic) bond motifs is 1. The Bertz CT molecular complexity index is 978. The predicted molar refractivity (Wildman–Crippen MR) is 97.2 cm³/mol. The van der Waals surface area contributed by atoms with Crippen molar-refractivity contribution in [3.8, 4) is 5.75 Å². The van der Waals surface area contributed by atoms with E-state index in [0.717, 1.165) is 22.9 Å². The standard InChI is InChI=1S/C16H15N3O3S2/c1-8-4-3-5-10(9(8)2)17-13(22)7-23-16-19-15-14(24-16)11(20)6-12(21)18-15/h3-6H,7H2,1-2H3,(H,17,22)(H2,18,20,21). The number of anilines is 1. The summed E-state index contributed by atoms with van der Waals surface area (Å²) in [5.41, 5.74) is 2.88. The van der Waals surface area contributed by atoms with Crippen LogP contribution in [0.4, 0.5) is 5.69 Å². The Kier molecular flexibility index (Phi) is 4.59. The van der Waals surface area contributed by atoms with Gasteiger partial charge in [0.15, 0.2) is 9.99 Å². The van der Waals surface area contributed by atoms with Gasteiger partial charge in [0.25, 0.3) is 5.56 Å². The highest BCUT2D eigenvalue weighted by Gasteiger charge is 2.12. The Hall–Kier alpha value is -2.32. The Balaban J connectivity index is 1.69. The fourth-order valence-electron chi connectivity index (χ4n) is 2.16. The molecule has 8 heteroatoms. The fraction of sp³-hybridized carbons (Fsp3) is 0.188. The summed E-state index contributed by atoms with van der Waals surface area (Å²) < 4.78 is 1.12.